The molecule has 5 nitrogen and oxygen atoms in total. The molecule has 1 aliphatic rings. The first-order chi connectivity index (χ1) is 15.3. The Morgan fingerprint density at radius 3 is 2.00 bits per heavy atom. The highest BCUT2D eigenvalue weighted by Crippen LogP contribution is 2.44. The van der Waals surface area contributed by atoms with Crippen molar-refractivity contribution in [2.45, 2.75) is 39.2 Å². The molecular formula is C27H27NO4. The van der Waals surface area contributed by atoms with Crippen molar-refractivity contribution in [2.24, 2.45) is 0 Å². The zero-order chi connectivity index (χ0) is 22.8. The molecule has 0 unspecified atom stereocenters. The van der Waals surface area contributed by atoms with Crippen LogP contribution < -0.4 is 5.32 Å². The lowest BCUT2D eigenvalue weighted by molar-refractivity contribution is -0.139. The van der Waals surface area contributed by atoms with Crippen molar-refractivity contribution in [3.8, 4) is 11.1 Å². The molecule has 1 atom stereocenters. The lowest BCUT2D eigenvalue weighted by atomic mass is 9.94. The molecule has 1 aliphatic carbocycles. The van der Waals surface area contributed by atoms with Crippen LogP contribution in [-0.2, 0) is 16.0 Å². The third kappa shape index (κ3) is 4.24. The van der Waals surface area contributed by atoms with Gasteiger partial charge in [-0.25, -0.2) is 9.59 Å². The maximum atomic E-state index is 12.6. The standard InChI is InChI=1S/C27H27NO4/c1-16-12-17(2)23(18(3)13-16)14-25(26(29)30)28-27(31)32-15-24-21-10-6-4-8-19(21)20-9-5-7-11-22(20)24/h4-13,24-25H,14-15H2,1-3H3,(H,28,31)(H,29,30)/t25-/m0/s1. The summed E-state index contributed by atoms with van der Waals surface area (Å²) in [4.78, 5) is 24.4. The summed E-state index contributed by atoms with van der Waals surface area (Å²) in [7, 11) is 0. The predicted molar refractivity (Wildman–Crippen MR) is 124 cm³/mol. The van der Waals surface area contributed by atoms with Crippen molar-refractivity contribution < 1.29 is 19.4 Å². The summed E-state index contributed by atoms with van der Waals surface area (Å²) < 4.78 is 5.52. The number of carbonyl (C=O) groups is 2. The number of alkyl carbamates (subject to hydrolysis) is 1. The number of amides is 1. The first kappa shape index (κ1) is 21.6. The maximum Gasteiger partial charge on any atom is 0.407 e. The van der Waals surface area contributed by atoms with E-state index in [1.165, 1.54) is 0 Å². The van der Waals surface area contributed by atoms with Crippen LogP contribution in [0.4, 0.5) is 4.79 Å². The SMILES string of the molecule is Cc1cc(C)c(C[C@H](NC(=O)OCC2c3ccccc3-c3ccccc32)C(=O)O)c(C)c1. The van der Waals surface area contributed by atoms with E-state index in [0.717, 1.165) is 44.5 Å². The smallest absolute Gasteiger partial charge is 0.407 e. The first-order valence-corrected chi connectivity index (χ1v) is 10.8. The van der Waals surface area contributed by atoms with E-state index in [0.29, 0.717) is 0 Å². The van der Waals surface area contributed by atoms with E-state index in [9.17, 15) is 14.7 Å². The van der Waals surface area contributed by atoms with Crippen molar-refractivity contribution in [2.75, 3.05) is 6.61 Å². The van der Waals surface area contributed by atoms with Crippen LogP contribution in [0.2, 0.25) is 0 Å². The Morgan fingerprint density at radius 2 is 1.47 bits per heavy atom. The molecule has 0 radical (unpaired) electrons. The van der Waals surface area contributed by atoms with Crippen molar-refractivity contribution in [3.63, 3.8) is 0 Å². The number of hydrogen-bond donors (Lipinski definition) is 2. The van der Waals surface area contributed by atoms with E-state index >= 15 is 0 Å². The molecule has 0 fully saturated rings. The fraction of sp³-hybridized carbons (Fsp3) is 0.259. The Kier molecular flexibility index (Phi) is 5.99. The van der Waals surface area contributed by atoms with Gasteiger partial charge in [-0.1, -0.05) is 66.2 Å². The predicted octanol–water partition coefficient (Wildman–Crippen LogP) is 5.15. The van der Waals surface area contributed by atoms with Gasteiger partial charge in [0.05, 0.1) is 0 Å². The lowest BCUT2D eigenvalue weighted by Crippen LogP contribution is -2.43. The molecule has 0 bridgehead atoms. The minimum Gasteiger partial charge on any atom is -0.480 e. The van der Waals surface area contributed by atoms with Crippen LogP contribution in [-0.4, -0.2) is 29.8 Å². The monoisotopic (exact) mass is 429 g/mol. The normalized spacial score (nSPS) is 13.2. The molecule has 4 rings (SSSR count). The Hall–Kier alpha value is -3.60. The van der Waals surface area contributed by atoms with Gasteiger partial charge < -0.3 is 15.2 Å². The molecule has 0 aromatic heterocycles. The number of hydrogen-bond acceptors (Lipinski definition) is 3. The maximum absolute atomic E-state index is 12.6. The van der Waals surface area contributed by atoms with Gasteiger partial charge in [0, 0.05) is 12.3 Å². The molecule has 2 N–H and O–H groups in total. The average molecular weight is 430 g/mol. The van der Waals surface area contributed by atoms with Gasteiger partial charge in [0.25, 0.3) is 0 Å². The fourth-order valence-electron chi connectivity index (χ4n) is 4.72. The molecule has 0 heterocycles. The Balaban J connectivity index is 1.46. The van der Waals surface area contributed by atoms with E-state index in [2.05, 4.69) is 17.4 Å². The number of rotatable bonds is 6. The molecule has 0 saturated heterocycles. The third-order valence-electron chi connectivity index (χ3n) is 6.18. The van der Waals surface area contributed by atoms with Gasteiger partial charge >= 0.3 is 12.1 Å². The Labute approximate surface area is 188 Å². The van der Waals surface area contributed by atoms with E-state index in [-0.39, 0.29) is 18.9 Å². The summed E-state index contributed by atoms with van der Waals surface area (Å²) in [5.41, 5.74) is 8.61. The molecule has 0 saturated carbocycles. The number of ether oxygens (including phenoxy) is 1. The van der Waals surface area contributed by atoms with Crippen molar-refractivity contribution in [3.05, 3.63) is 94.0 Å². The molecule has 5 heteroatoms. The van der Waals surface area contributed by atoms with Crippen LogP contribution in [0, 0.1) is 20.8 Å². The van der Waals surface area contributed by atoms with Crippen LogP contribution in [0.1, 0.15) is 39.3 Å². The number of benzene rings is 3. The summed E-state index contributed by atoms with van der Waals surface area (Å²) in [5.74, 6) is -1.16. The summed E-state index contributed by atoms with van der Waals surface area (Å²) in [6, 6.07) is 19.2. The lowest BCUT2D eigenvalue weighted by Gasteiger charge is -2.19. The molecule has 32 heavy (non-hydrogen) atoms. The number of nitrogens with one attached hydrogen (secondary N) is 1. The zero-order valence-corrected chi connectivity index (χ0v) is 18.5. The van der Waals surface area contributed by atoms with E-state index in [1.807, 2.05) is 69.3 Å². The van der Waals surface area contributed by atoms with Crippen LogP contribution in [0.3, 0.4) is 0 Å². The number of carboxylic acids is 1. The minimum atomic E-state index is -1.09. The van der Waals surface area contributed by atoms with Gasteiger partial charge in [0.1, 0.15) is 12.6 Å². The van der Waals surface area contributed by atoms with Crippen LogP contribution in [0.25, 0.3) is 11.1 Å². The number of fused-ring (bicyclic) bond motifs is 3. The molecular weight excluding hydrogens is 402 g/mol. The molecule has 1 amide bonds. The van der Waals surface area contributed by atoms with E-state index < -0.39 is 18.1 Å². The fourth-order valence-corrected chi connectivity index (χ4v) is 4.72. The second-order valence-electron chi connectivity index (χ2n) is 8.44. The van der Waals surface area contributed by atoms with Crippen molar-refractivity contribution in [1.29, 1.82) is 0 Å². The van der Waals surface area contributed by atoms with Crippen LogP contribution in [0.5, 0.6) is 0 Å². The molecule has 3 aromatic carbocycles. The Morgan fingerprint density at radius 1 is 0.938 bits per heavy atom. The van der Waals surface area contributed by atoms with Gasteiger partial charge in [0.15, 0.2) is 0 Å². The highest BCUT2D eigenvalue weighted by atomic mass is 16.5. The van der Waals surface area contributed by atoms with Gasteiger partial charge in [-0.15, -0.1) is 0 Å². The van der Waals surface area contributed by atoms with Gasteiger partial charge in [0.2, 0.25) is 0 Å². The van der Waals surface area contributed by atoms with Crippen LogP contribution in [0.15, 0.2) is 60.7 Å². The second-order valence-corrected chi connectivity index (χ2v) is 8.44. The molecule has 3 aromatic rings. The number of aliphatic carboxylic acids is 1. The summed E-state index contributed by atoms with van der Waals surface area (Å²) in [6.45, 7) is 6.07. The largest absolute Gasteiger partial charge is 0.480 e. The zero-order valence-electron chi connectivity index (χ0n) is 18.5. The summed E-state index contributed by atoms with van der Waals surface area (Å²) in [6.07, 6.45) is -0.515. The summed E-state index contributed by atoms with van der Waals surface area (Å²) in [5, 5.41) is 12.2. The van der Waals surface area contributed by atoms with E-state index in [1.54, 1.807) is 0 Å². The number of carbonyl (C=O) groups excluding carboxylic acids is 1. The molecule has 0 aliphatic heterocycles. The number of carboxylic acid groups (broad SMARTS) is 1. The minimum absolute atomic E-state index is 0.0713. The highest BCUT2D eigenvalue weighted by Gasteiger charge is 2.30. The Bertz CT molecular complexity index is 1120. The van der Waals surface area contributed by atoms with Gasteiger partial charge in [-0.2, -0.15) is 0 Å². The topological polar surface area (TPSA) is 75.6 Å². The quantitative estimate of drug-likeness (QED) is 0.568. The highest BCUT2D eigenvalue weighted by molar-refractivity contribution is 5.81. The second kappa shape index (κ2) is 8.87. The van der Waals surface area contributed by atoms with E-state index in [4.69, 9.17) is 4.74 Å². The van der Waals surface area contributed by atoms with Crippen LogP contribution >= 0.6 is 0 Å². The molecule has 0 spiro atoms. The third-order valence-corrected chi connectivity index (χ3v) is 6.18. The first-order valence-electron chi connectivity index (χ1n) is 10.8. The number of aryl methyl sites for hydroxylation is 3. The van der Waals surface area contributed by atoms with Gasteiger partial charge in [-0.05, 0) is 59.7 Å². The molecule has 164 valence electrons. The van der Waals surface area contributed by atoms with Gasteiger partial charge in [-0.3, -0.25) is 0 Å². The van der Waals surface area contributed by atoms with Crippen molar-refractivity contribution in [1.82, 2.24) is 5.32 Å². The van der Waals surface area contributed by atoms with Crippen molar-refractivity contribution >= 4 is 12.1 Å². The summed E-state index contributed by atoms with van der Waals surface area (Å²) >= 11 is 0. The average Bonchev–Trinajstić information content (AvgIpc) is 3.07.